The molecular weight excluding hydrogens is 660 g/mol. The Morgan fingerprint density at radius 3 is 2.59 bits per heavy atom. The van der Waals surface area contributed by atoms with Gasteiger partial charge < -0.3 is 9.80 Å². The van der Waals surface area contributed by atoms with E-state index in [1.165, 1.54) is 22.9 Å². The van der Waals surface area contributed by atoms with E-state index < -0.39 is 5.82 Å². The third kappa shape index (κ3) is 4.26. The van der Waals surface area contributed by atoms with Crippen molar-refractivity contribution in [2.24, 2.45) is 18.9 Å². The number of nitrogens with zero attached hydrogens (tertiary/aromatic N) is 9. The van der Waals surface area contributed by atoms with Crippen LogP contribution >= 0.6 is 34.2 Å². The van der Waals surface area contributed by atoms with Gasteiger partial charge in [-0.05, 0) is 41.6 Å². The lowest BCUT2D eigenvalue weighted by Gasteiger charge is -2.27. The van der Waals surface area contributed by atoms with Gasteiger partial charge in [0, 0.05) is 68.5 Å². The van der Waals surface area contributed by atoms with Crippen molar-refractivity contribution in [2.75, 3.05) is 29.9 Å². The van der Waals surface area contributed by atoms with Crippen LogP contribution in [0.5, 0.6) is 0 Å². The van der Waals surface area contributed by atoms with E-state index in [4.69, 9.17) is 26.7 Å². The third-order valence-corrected chi connectivity index (χ3v) is 9.33. The quantitative estimate of drug-likeness (QED) is 0.254. The lowest BCUT2D eigenvalue weighted by atomic mass is 10.1. The first-order valence-corrected chi connectivity index (χ1v) is 14.5. The van der Waals surface area contributed by atoms with Gasteiger partial charge in [0.1, 0.15) is 11.5 Å². The van der Waals surface area contributed by atoms with Gasteiger partial charge in [0.2, 0.25) is 11.9 Å². The molecule has 208 valence electrons. The van der Waals surface area contributed by atoms with Gasteiger partial charge >= 0.3 is 0 Å². The van der Waals surface area contributed by atoms with E-state index >= 15 is 0 Å². The summed E-state index contributed by atoms with van der Waals surface area (Å²) in [5.41, 5.74) is 2.67. The Morgan fingerprint density at radius 2 is 1.85 bits per heavy atom. The van der Waals surface area contributed by atoms with Gasteiger partial charge in [0.25, 0.3) is 5.56 Å². The molecular formula is C28H24ClFIN9O. The van der Waals surface area contributed by atoms with Crippen molar-refractivity contribution < 1.29 is 4.39 Å². The molecule has 1 aromatic carbocycles. The van der Waals surface area contributed by atoms with Gasteiger partial charge in [-0.15, -0.1) is 0 Å². The SMILES string of the molecule is Cc1nc(N2C[C@@H]3[C@H](C2)[C@@H]3N(C)c2nc(-c3ccncc3F)cc(=O)n2C)n2nc(-c3ccccc3Cl)c(I)c2n1. The summed E-state index contributed by atoms with van der Waals surface area (Å²) in [7, 11) is 3.63. The summed E-state index contributed by atoms with van der Waals surface area (Å²) >= 11 is 8.78. The van der Waals surface area contributed by atoms with Gasteiger partial charge in [-0.25, -0.2) is 14.4 Å². The first-order chi connectivity index (χ1) is 19.7. The largest absolute Gasteiger partial charge is 0.342 e. The minimum Gasteiger partial charge on any atom is -0.342 e. The molecule has 10 nitrogen and oxygen atoms in total. The maximum absolute atomic E-state index is 14.4. The van der Waals surface area contributed by atoms with Crippen molar-refractivity contribution in [3.8, 4) is 22.5 Å². The number of benzene rings is 1. The highest BCUT2D eigenvalue weighted by Gasteiger charge is 2.59. The summed E-state index contributed by atoms with van der Waals surface area (Å²) in [4.78, 5) is 35.1. The Labute approximate surface area is 253 Å². The number of pyridine rings is 1. The van der Waals surface area contributed by atoms with Gasteiger partial charge in [0.05, 0.1) is 20.5 Å². The highest BCUT2D eigenvalue weighted by molar-refractivity contribution is 14.1. The number of hydrogen-bond acceptors (Lipinski definition) is 8. The number of piperidine rings is 1. The second-order valence-corrected chi connectivity index (χ2v) is 12.0. The summed E-state index contributed by atoms with van der Waals surface area (Å²) in [6.07, 6.45) is 2.62. The first kappa shape index (κ1) is 26.3. The van der Waals surface area contributed by atoms with E-state index in [-0.39, 0.29) is 17.2 Å². The number of fused-ring (bicyclic) bond motifs is 2. The zero-order valence-electron chi connectivity index (χ0n) is 22.3. The Balaban J connectivity index is 1.17. The highest BCUT2D eigenvalue weighted by Crippen LogP contribution is 2.50. The first-order valence-electron chi connectivity index (χ1n) is 13.1. The smallest absolute Gasteiger partial charge is 0.255 e. The number of anilines is 2. The third-order valence-electron chi connectivity index (χ3n) is 8.01. The zero-order chi connectivity index (χ0) is 28.6. The summed E-state index contributed by atoms with van der Waals surface area (Å²) < 4.78 is 18.7. The van der Waals surface area contributed by atoms with Gasteiger partial charge in [-0.3, -0.25) is 14.3 Å². The molecule has 5 aromatic rings. The van der Waals surface area contributed by atoms with Crippen LogP contribution in [-0.4, -0.2) is 60.3 Å². The molecule has 7 rings (SSSR count). The second-order valence-electron chi connectivity index (χ2n) is 10.5. The molecule has 0 radical (unpaired) electrons. The lowest BCUT2D eigenvalue weighted by molar-refractivity contribution is 0.623. The van der Waals surface area contributed by atoms with Crippen LogP contribution in [0.3, 0.4) is 0 Å². The van der Waals surface area contributed by atoms with E-state index in [1.807, 2.05) is 47.7 Å². The molecule has 0 unspecified atom stereocenters. The molecule has 2 fully saturated rings. The van der Waals surface area contributed by atoms with Crippen molar-refractivity contribution in [3.05, 3.63) is 79.4 Å². The topological polar surface area (TPSA) is 97.3 Å². The highest BCUT2D eigenvalue weighted by atomic mass is 127. The molecule has 1 saturated carbocycles. The Kier molecular flexibility index (Phi) is 6.23. The fourth-order valence-corrected chi connectivity index (χ4v) is 6.93. The number of aromatic nitrogens is 7. The number of halogens is 3. The molecule has 0 spiro atoms. The standard InChI is InChI=1S/C28H24ClFIN9O/c1-14-33-26-23(31)24(15-6-4-5-7-19(15)29)36-40(26)28(34-14)39-12-17-18(13-39)25(17)38(3)27-35-21(10-22(41)37(27)2)16-8-9-32-11-20(16)30/h4-11,17-18,25H,12-13H2,1-3H3/t17-,18+,25-. The van der Waals surface area contributed by atoms with Crippen LogP contribution < -0.4 is 15.4 Å². The van der Waals surface area contributed by atoms with Crippen molar-refractivity contribution in [1.29, 1.82) is 0 Å². The average molecular weight is 684 g/mol. The monoisotopic (exact) mass is 683 g/mol. The van der Waals surface area contributed by atoms with E-state index in [2.05, 4.69) is 37.5 Å². The van der Waals surface area contributed by atoms with Crippen molar-refractivity contribution >= 4 is 51.7 Å². The van der Waals surface area contributed by atoms with Crippen LogP contribution in [0.1, 0.15) is 5.82 Å². The predicted molar refractivity (Wildman–Crippen MR) is 163 cm³/mol. The van der Waals surface area contributed by atoms with Gasteiger partial charge in [0.15, 0.2) is 11.5 Å². The van der Waals surface area contributed by atoms with Crippen LogP contribution in [0.2, 0.25) is 5.02 Å². The van der Waals surface area contributed by atoms with E-state index in [1.54, 1.807) is 7.05 Å². The van der Waals surface area contributed by atoms with Crippen LogP contribution in [-0.2, 0) is 7.05 Å². The normalized spacial score (nSPS) is 19.6. The molecule has 1 aliphatic carbocycles. The molecule has 0 bridgehead atoms. The van der Waals surface area contributed by atoms with Crippen molar-refractivity contribution in [1.82, 2.24) is 34.1 Å². The zero-order valence-corrected chi connectivity index (χ0v) is 25.2. The van der Waals surface area contributed by atoms with Crippen molar-refractivity contribution in [2.45, 2.75) is 13.0 Å². The fourth-order valence-electron chi connectivity index (χ4n) is 5.96. The molecule has 2 aliphatic rings. The minimum absolute atomic E-state index is 0.191. The van der Waals surface area contributed by atoms with Crippen LogP contribution in [0.25, 0.3) is 28.2 Å². The molecule has 1 aliphatic heterocycles. The van der Waals surface area contributed by atoms with Gasteiger partial charge in [-0.2, -0.15) is 14.6 Å². The number of hydrogen-bond donors (Lipinski definition) is 0. The predicted octanol–water partition coefficient (Wildman–Crippen LogP) is 4.22. The number of aryl methyl sites for hydroxylation is 1. The summed E-state index contributed by atoms with van der Waals surface area (Å²) in [5.74, 6) is 2.10. The Morgan fingerprint density at radius 1 is 1.10 bits per heavy atom. The molecule has 0 N–H and O–H groups in total. The Bertz CT molecular complexity index is 1900. The number of rotatable bonds is 5. The molecule has 41 heavy (non-hydrogen) atoms. The molecule has 13 heteroatoms. The van der Waals surface area contributed by atoms with Crippen LogP contribution in [0.4, 0.5) is 16.3 Å². The lowest BCUT2D eigenvalue weighted by Crippen LogP contribution is -2.37. The summed E-state index contributed by atoms with van der Waals surface area (Å²) in [6, 6.07) is 10.7. The van der Waals surface area contributed by atoms with Crippen LogP contribution in [0, 0.1) is 28.1 Å². The molecule has 3 atom stereocenters. The second kappa shape index (κ2) is 9.72. The minimum atomic E-state index is -0.516. The molecule has 5 heterocycles. The van der Waals surface area contributed by atoms with E-state index in [9.17, 15) is 9.18 Å². The molecule has 1 saturated heterocycles. The van der Waals surface area contributed by atoms with Crippen LogP contribution in [0.15, 0.2) is 53.6 Å². The van der Waals surface area contributed by atoms with E-state index in [0.29, 0.717) is 34.3 Å². The average Bonchev–Trinajstić information content (AvgIpc) is 3.27. The molecule has 4 aromatic heterocycles. The summed E-state index contributed by atoms with van der Waals surface area (Å²) in [5, 5.41) is 5.53. The Hall–Kier alpha value is -3.65. The van der Waals surface area contributed by atoms with E-state index in [0.717, 1.165) is 45.7 Å². The maximum Gasteiger partial charge on any atom is 0.255 e. The van der Waals surface area contributed by atoms with Gasteiger partial charge in [-0.1, -0.05) is 29.8 Å². The van der Waals surface area contributed by atoms with Crippen molar-refractivity contribution in [3.63, 3.8) is 0 Å². The molecule has 0 amide bonds. The fraction of sp³-hybridized carbons (Fsp3) is 0.286. The maximum atomic E-state index is 14.4. The summed E-state index contributed by atoms with van der Waals surface area (Å²) in [6.45, 7) is 3.44.